The van der Waals surface area contributed by atoms with Crippen LogP contribution in [0.2, 0.25) is 0 Å². The third-order valence-electron chi connectivity index (χ3n) is 4.81. The summed E-state index contributed by atoms with van der Waals surface area (Å²) >= 11 is 0. The molecular formula is C15H25N3O. The number of aliphatic hydroxyl groups is 1. The molecule has 2 aliphatic rings. The first-order valence-electron chi connectivity index (χ1n) is 7.72. The molecule has 0 aromatic carbocycles. The standard InChI is InChI=1S/C15H25N3O/c1-2-17-7-3-5-12(10-17)15-16-9-14-13(11-19)6-4-8-18(14)15/h9,12-13,19H,2-8,10-11H2,1H3. The lowest BCUT2D eigenvalue weighted by Gasteiger charge is -2.33. The molecule has 19 heavy (non-hydrogen) atoms. The van der Waals surface area contributed by atoms with Crippen molar-refractivity contribution in [2.45, 2.75) is 51.0 Å². The number of fused-ring (bicyclic) bond motifs is 1. The van der Waals surface area contributed by atoms with Crippen molar-refractivity contribution in [1.82, 2.24) is 14.5 Å². The molecule has 0 saturated carbocycles. The fourth-order valence-corrected chi connectivity index (χ4v) is 3.68. The van der Waals surface area contributed by atoms with E-state index in [0.717, 1.165) is 26.1 Å². The molecule has 106 valence electrons. The van der Waals surface area contributed by atoms with E-state index >= 15 is 0 Å². The number of imidazole rings is 1. The molecular weight excluding hydrogens is 238 g/mol. The van der Waals surface area contributed by atoms with Gasteiger partial charge in [-0.05, 0) is 38.8 Å². The number of likely N-dealkylation sites (tertiary alicyclic amines) is 1. The lowest BCUT2D eigenvalue weighted by Crippen LogP contribution is -2.35. The Morgan fingerprint density at radius 1 is 1.32 bits per heavy atom. The zero-order valence-electron chi connectivity index (χ0n) is 11.9. The molecule has 4 heteroatoms. The largest absolute Gasteiger partial charge is 0.396 e. The van der Waals surface area contributed by atoms with Gasteiger partial charge < -0.3 is 14.6 Å². The highest BCUT2D eigenvalue weighted by atomic mass is 16.3. The first-order chi connectivity index (χ1) is 9.33. The fraction of sp³-hybridized carbons (Fsp3) is 0.800. The molecule has 4 nitrogen and oxygen atoms in total. The Hall–Kier alpha value is -0.870. The second-order valence-corrected chi connectivity index (χ2v) is 5.95. The molecule has 2 aliphatic heterocycles. The summed E-state index contributed by atoms with van der Waals surface area (Å²) in [5, 5.41) is 9.49. The Kier molecular flexibility index (Phi) is 3.89. The van der Waals surface area contributed by atoms with Gasteiger partial charge in [0, 0.05) is 36.8 Å². The third kappa shape index (κ3) is 2.43. The number of nitrogens with zero attached hydrogens (tertiary/aromatic N) is 3. The van der Waals surface area contributed by atoms with Gasteiger partial charge >= 0.3 is 0 Å². The van der Waals surface area contributed by atoms with Crippen molar-refractivity contribution in [3.8, 4) is 0 Å². The average Bonchev–Trinajstić information content (AvgIpc) is 2.91. The minimum atomic E-state index is 0.261. The average molecular weight is 263 g/mol. The SMILES string of the molecule is CCN1CCCC(c2ncc3n2CCCC3CO)C1. The van der Waals surface area contributed by atoms with Gasteiger partial charge in [0.25, 0.3) is 0 Å². The minimum Gasteiger partial charge on any atom is -0.396 e. The Morgan fingerprint density at radius 2 is 2.16 bits per heavy atom. The normalized spacial score (nSPS) is 28.3. The van der Waals surface area contributed by atoms with Crippen LogP contribution in [0, 0.1) is 0 Å². The predicted octanol–water partition coefficient (Wildman–Crippen LogP) is 1.95. The van der Waals surface area contributed by atoms with Crippen molar-refractivity contribution in [3.63, 3.8) is 0 Å². The number of hydrogen-bond acceptors (Lipinski definition) is 3. The van der Waals surface area contributed by atoms with Crippen LogP contribution in [0.15, 0.2) is 6.20 Å². The highest BCUT2D eigenvalue weighted by Gasteiger charge is 2.28. The molecule has 0 aliphatic carbocycles. The number of rotatable bonds is 3. The van der Waals surface area contributed by atoms with Crippen molar-refractivity contribution in [2.24, 2.45) is 0 Å². The van der Waals surface area contributed by atoms with Crippen LogP contribution in [0.5, 0.6) is 0 Å². The minimum absolute atomic E-state index is 0.261. The van der Waals surface area contributed by atoms with Crippen LogP contribution in [0.3, 0.4) is 0 Å². The zero-order valence-corrected chi connectivity index (χ0v) is 11.9. The zero-order chi connectivity index (χ0) is 13.2. The van der Waals surface area contributed by atoms with Crippen LogP contribution in [0.1, 0.15) is 56.0 Å². The van der Waals surface area contributed by atoms with Gasteiger partial charge in [0.05, 0.1) is 6.61 Å². The first kappa shape index (κ1) is 13.1. The molecule has 2 atom stereocenters. The molecule has 1 N–H and O–H groups in total. The highest BCUT2D eigenvalue weighted by molar-refractivity contribution is 5.16. The van der Waals surface area contributed by atoms with Gasteiger partial charge in [0.1, 0.15) is 5.82 Å². The molecule has 0 radical (unpaired) electrons. The molecule has 0 spiro atoms. The van der Waals surface area contributed by atoms with E-state index in [4.69, 9.17) is 4.98 Å². The van der Waals surface area contributed by atoms with E-state index in [1.165, 1.54) is 37.3 Å². The van der Waals surface area contributed by atoms with Gasteiger partial charge in [0.15, 0.2) is 0 Å². The maximum atomic E-state index is 9.49. The van der Waals surface area contributed by atoms with E-state index in [1.54, 1.807) is 0 Å². The fourth-order valence-electron chi connectivity index (χ4n) is 3.68. The van der Waals surface area contributed by atoms with Crippen molar-refractivity contribution in [2.75, 3.05) is 26.2 Å². The van der Waals surface area contributed by atoms with E-state index < -0.39 is 0 Å². The molecule has 1 aromatic rings. The summed E-state index contributed by atoms with van der Waals surface area (Å²) in [6.07, 6.45) is 6.83. The molecule has 3 rings (SSSR count). The van der Waals surface area contributed by atoms with Crippen LogP contribution in [-0.4, -0.2) is 45.8 Å². The number of aromatic nitrogens is 2. The van der Waals surface area contributed by atoms with Gasteiger partial charge in [-0.2, -0.15) is 0 Å². The van der Waals surface area contributed by atoms with Crippen molar-refractivity contribution < 1.29 is 5.11 Å². The van der Waals surface area contributed by atoms with Gasteiger partial charge in [-0.3, -0.25) is 0 Å². The molecule has 0 bridgehead atoms. The molecule has 1 fully saturated rings. The van der Waals surface area contributed by atoms with E-state index in [0.29, 0.717) is 11.8 Å². The summed E-state index contributed by atoms with van der Waals surface area (Å²) in [6.45, 7) is 7.12. The predicted molar refractivity (Wildman–Crippen MR) is 75.4 cm³/mol. The maximum Gasteiger partial charge on any atom is 0.113 e. The van der Waals surface area contributed by atoms with E-state index in [1.807, 2.05) is 6.20 Å². The molecule has 1 aromatic heterocycles. The smallest absolute Gasteiger partial charge is 0.113 e. The summed E-state index contributed by atoms with van der Waals surface area (Å²) < 4.78 is 2.40. The van der Waals surface area contributed by atoms with Crippen molar-refractivity contribution in [3.05, 3.63) is 17.7 Å². The summed E-state index contributed by atoms with van der Waals surface area (Å²) in [5.41, 5.74) is 1.26. The molecule has 2 unspecified atom stereocenters. The highest BCUT2D eigenvalue weighted by Crippen LogP contribution is 2.33. The van der Waals surface area contributed by atoms with Crippen LogP contribution < -0.4 is 0 Å². The van der Waals surface area contributed by atoms with Gasteiger partial charge in [-0.15, -0.1) is 0 Å². The van der Waals surface area contributed by atoms with Crippen molar-refractivity contribution in [1.29, 1.82) is 0 Å². The first-order valence-corrected chi connectivity index (χ1v) is 7.72. The maximum absolute atomic E-state index is 9.49. The molecule has 1 saturated heterocycles. The molecule has 0 amide bonds. The number of likely N-dealkylation sites (N-methyl/N-ethyl adjacent to an activating group) is 1. The second-order valence-electron chi connectivity index (χ2n) is 5.95. The van der Waals surface area contributed by atoms with Crippen LogP contribution in [0.4, 0.5) is 0 Å². The van der Waals surface area contributed by atoms with Crippen LogP contribution in [0.25, 0.3) is 0 Å². The second kappa shape index (κ2) is 5.63. The van der Waals surface area contributed by atoms with Gasteiger partial charge in [-0.25, -0.2) is 4.98 Å². The summed E-state index contributed by atoms with van der Waals surface area (Å²) in [6, 6.07) is 0. The number of hydrogen-bond donors (Lipinski definition) is 1. The lowest BCUT2D eigenvalue weighted by atomic mass is 9.95. The summed E-state index contributed by atoms with van der Waals surface area (Å²) in [5.74, 6) is 2.16. The van der Waals surface area contributed by atoms with E-state index in [-0.39, 0.29) is 6.61 Å². The Balaban J connectivity index is 1.83. The Bertz CT molecular complexity index is 429. The Labute approximate surface area is 115 Å². The number of aliphatic hydroxyl groups excluding tert-OH is 1. The van der Waals surface area contributed by atoms with Crippen molar-refractivity contribution >= 4 is 0 Å². The summed E-state index contributed by atoms with van der Waals surface area (Å²) in [7, 11) is 0. The van der Waals surface area contributed by atoms with E-state index in [2.05, 4.69) is 16.4 Å². The van der Waals surface area contributed by atoms with Crippen LogP contribution >= 0.6 is 0 Å². The third-order valence-corrected chi connectivity index (χ3v) is 4.81. The Morgan fingerprint density at radius 3 is 2.95 bits per heavy atom. The quantitative estimate of drug-likeness (QED) is 0.906. The lowest BCUT2D eigenvalue weighted by molar-refractivity contribution is 0.208. The van der Waals surface area contributed by atoms with E-state index in [9.17, 15) is 5.11 Å². The van der Waals surface area contributed by atoms with Gasteiger partial charge in [0.2, 0.25) is 0 Å². The monoisotopic (exact) mass is 263 g/mol. The number of piperidine rings is 1. The van der Waals surface area contributed by atoms with Gasteiger partial charge in [-0.1, -0.05) is 6.92 Å². The molecule has 3 heterocycles. The topological polar surface area (TPSA) is 41.3 Å². The summed E-state index contributed by atoms with van der Waals surface area (Å²) in [4.78, 5) is 7.24. The van der Waals surface area contributed by atoms with Crippen LogP contribution in [-0.2, 0) is 6.54 Å².